The Morgan fingerprint density at radius 1 is 1.10 bits per heavy atom. The first-order valence-corrected chi connectivity index (χ1v) is 5.91. The molecule has 0 aliphatic heterocycles. The molecular formula is C13H13N5O2. The van der Waals surface area contributed by atoms with Crippen molar-refractivity contribution in [3.63, 3.8) is 0 Å². The number of anilines is 1. The van der Waals surface area contributed by atoms with Gasteiger partial charge in [-0.25, -0.2) is 4.98 Å². The van der Waals surface area contributed by atoms with Gasteiger partial charge in [-0.1, -0.05) is 6.07 Å². The number of hydrogen-bond acceptors (Lipinski definition) is 6. The molecule has 0 aliphatic carbocycles. The summed E-state index contributed by atoms with van der Waals surface area (Å²) in [5, 5.41) is 4.04. The van der Waals surface area contributed by atoms with Gasteiger partial charge in [0.15, 0.2) is 11.5 Å². The fourth-order valence-corrected chi connectivity index (χ4v) is 2.02. The molecule has 0 saturated heterocycles. The molecule has 7 nitrogen and oxygen atoms in total. The quantitative estimate of drug-likeness (QED) is 0.774. The second-order valence-corrected chi connectivity index (χ2v) is 4.10. The molecule has 0 spiro atoms. The summed E-state index contributed by atoms with van der Waals surface area (Å²) in [6, 6.07) is 5.55. The monoisotopic (exact) mass is 271 g/mol. The maximum Gasteiger partial charge on any atom is 0.254 e. The van der Waals surface area contributed by atoms with Crippen LogP contribution < -0.4 is 15.2 Å². The lowest BCUT2D eigenvalue weighted by atomic mass is 10.1. The van der Waals surface area contributed by atoms with E-state index < -0.39 is 0 Å². The Bertz CT molecular complexity index is 769. The Kier molecular flexibility index (Phi) is 2.86. The van der Waals surface area contributed by atoms with Crippen molar-refractivity contribution in [2.75, 3.05) is 20.0 Å². The first kappa shape index (κ1) is 12.2. The van der Waals surface area contributed by atoms with Gasteiger partial charge in [-0.05, 0) is 17.7 Å². The summed E-state index contributed by atoms with van der Waals surface area (Å²) in [4.78, 5) is 8.21. The highest BCUT2D eigenvalue weighted by atomic mass is 16.5. The second kappa shape index (κ2) is 4.69. The highest BCUT2D eigenvalue weighted by Crippen LogP contribution is 2.34. The molecule has 102 valence electrons. The minimum Gasteiger partial charge on any atom is -0.493 e. The molecule has 3 rings (SSSR count). The third-order valence-electron chi connectivity index (χ3n) is 3.04. The SMILES string of the molecule is COc1ccc(-c2cnc3ncnn3c2N)cc1OC. The Balaban J connectivity index is 2.17. The molecule has 0 aliphatic rings. The van der Waals surface area contributed by atoms with E-state index in [2.05, 4.69) is 15.1 Å². The van der Waals surface area contributed by atoms with Gasteiger partial charge >= 0.3 is 0 Å². The average molecular weight is 271 g/mol. The molecule has 0 unspecified atom stereocenters. The fourth-order valence-electron chi connectivity index (χ4n) is 2.02. The molecular weight excluding hydrogens is 258 g/mol. The maximum absolute atomic E-state index is 6.11. The molecule has 0 saturated carbocycles. The molecule has 0 radical (unpaired) electrons. The van der Waals surface area contributed by atoms with Crippen molar-refractivity contribution < 1.29 is 9.47 Å². The van der Waals surface area contributed by atoms with Crippen LogP contribution in [0.25, 0.3) is 16.9 Å². The van der Waals surface area contributed by atoms with Gasteiger partial charge in [-0.3, -0.25) is 0 Å². The van der Waals surface area contributed by atoms with Crippen LogP contribution in [-0.4, -0.2) is 33.8 Å². The highest BCUT2D eigenvalue weighted by molar-refractivity contribution is 5.76. The number of aromatic nitrogens is 4. The molecule has 2 N–H and O–H groups in total. The van der Waals surface area contributed by atoms with Gasteiger partial charge < -0.3 is 15.2 Å². The van der Waals surface area contributed by atoms with Crippen LogP contribution in [0.1, 0.15) is 0 Å². The van der Waals surface area contributed by atoms with E-state index in [0.29, 0.717) is 23.1 Å². The van der Waals surface area contributed by atoms with Crippen LogP contribution in [0, 0.1) is 0 Å². The molecule has 1 aromatic carbocycles. The normalized spacial score (nSPS) is 10.7. The highest BCUT2D eigenvalue weighted by Gasteiger charge is 2.12. The molecule has 2 heterocycles. The van der Waals surface area contributed by atoms with Crippen LogP contribution in [0.4, 0.5) is 5.82 Å². The zero-order valence-corrected chi connectivity index (χ0v) is 11.1. The number of nitrogens with zero attached hydrogens (tertiary/aromatic N) is 4. The molecule has 7 heteroatoms. The van der Waals surface area contributed by atoms with Crippen LogP contribution in [0.5, 0.6) is 11.5 Å². The van der Waals surface area contributed by atoms with Gasteiger partial charge in [-0.15, -0.1) is 0 Å². The smallest absolute Gasteiger partial charge is 0.254 e. The Hall–Kier alpha value is -2.83. The van der Waals surface area contributed by atoms with Crippen molar-refractivity contribution in [2.24, 2.45) is 0 Å². The molecule has 0 bridgehead atoms. The number of hydrogen-bond donors (Lipinski definition) is 1. The van der Waals surface area contributed by atoms with Crippen LogP contribution in [0.15, 0.2) is 30.7 Å². The predicted molar refractivity (Wildman–Crippen MR) is 73.7 cm³/mol. The number of benzene rings is 1. The van der Waals surface area contributed by atoms with E-state index in [1.54, 1.807) is 20.4 Å². The van der Waals surface area contributed by atoms with Gasteiger partial charge in [0.1, 0.15) is 12.1 Å². The third kappa shape index (κ3) is 1.80. The van der Waals surface area contributed by atoms with Gasteiger partial charge in [0.2, 0.25) is 0 Å². The van der Waals surface area contributed by atoms with Gasteiger partial charge in [0.25, 0.3) is 5.78 Å². The minimum atomic E-state index is 0.465. The number of rotatable bonds is 3. The van der Waals surface area contributed by atoms with E-state index in [1.165, 1.54) is 10.8 Å². The number of nitrogen functional groups attached to an aromatic ring is 1. The Labute approximate surface area is 115 Å². The zero-order chi connectivity index (χ0) is 14.1. The minimum absolute atomic E-state index is 0.465. The number of nitrogens with two attached hydrogens (primary N) is 1. The van der Waals surface area contributed by atoms with Crippen molar-refractivity contribution in [1.82, 2.24) is 19.6 Å². The lowest BCUT2D eigenvalue weighted by Crippen LogP contribution is -2.03. The zero-order valence-electron chi connectivity index (χ0n) is 11.1. The molecule has 0 fully saturated rings. The summed E-state index contributed by atoms with van der Waals surface area (Å²) in [6.07, 6.45) is 3.08. The van der Waals surface area contributed by atoms with Crippen molar-refractivity contribution in [1.29, 1.82) is 0 Å². The van der Waals surface area contributed by atoms with Crippen LogP contribution in [-0.2, 0) is 0 Å². The van der Waals surface area contributed by atoms with Gasteiger partial charge in [-0.2, -0.15) is 14.6 Å². The van der Waals surface area contributed by atoms with E-state index >= 15 is 0 Å². The summed E-state index contributed by atoms with van der Waals surface area (Å²) >= 11 is 0. The van der Waals surface area contributed by atoms with E-state index in [4.69, 9.17) is 15.2 Å². The standard InChI is InChI=1S/C13H13N5O2/c1-19-10-4-3-8(5-11(10)20-2)9-6-15-13-16-7-17-18(13)12(9)14/h3-7H,14H2,1-2H3. The van der Waals surface area contributed by atoms with Crippen LogP contribution >= 0.6 is 0 Å². The Morgan fingerprint density at radius 3 is 2.65 bits per heavy atom. The maximum atomic E-state index is 6.11. The lowest BCUT2D eigenvalue weighted by molar-refractivity contribution is 0.355. The summed E-state index contributed by atoms with van der Waals surface area (Å²) < 4.78 is 12.0. The first-order valence-electron chi connectivity index (χ1n) is 5.91. The lowest BCUT2D eigenvalue weighted by Gasteiger charge is -2.11. The summed E-state index contributed by atoms with van der Waals surface area (Å²) in [7, 11) is 3.18. The molecule has 3 aromatic rings. The number of fused-ring (bicyclic) bond motifs is 1. The second-order valence-electron chi connectivity index (χ2n) is 4.10. The molecule has 0 atom stereocenters. The van der Waals surface area contributed by atoms with E-state index in [0.717, 1.165) is 11.1 Å². The molecule has 20 heavy (non-hydrogen) atoms. The van der Waals surface area contributed by atoms with Crippen molar-refractivity contribution in [3.8, 4) is 22.6 Å². The predicted octanol–water partition coefficient (Wildman–Crippen LogP) is 1.39. The van der Waals surface area contributed by atoms with E-state index in [9.17, 15) is 0 Å². The summed E-state index contributed by atoms with van der Waals surface area (Å²) in [5.74, 6) is 2.22. The van der Waals surface area contributed by atoms with Gasteiger partial charge in [0, 0.05) is 11.8 Å². The largest absolute Gasteiger partial charge is 0.493 e. The van der Waals surface area contributed by atoms with Crippen molar-refractivity contribution in [2.45, 2.75) is 0 Å². The third-order valence-corrected chi connectivity index (χ3v) is 3.04. The Morgan fingerprint density at radius 2 is 1.90 bits per heavy atom. The number of methoxy groups -OCH3 is 2. The van der Waals surface area contributed by atoms with Crippen molar-refractivity contribution in [3.05, 3.63) is 30.7 Å². The first-order chi connectivity index (χ1) is 9.74. The molecule has 0 amide bonds. The van der Waals surface area contributed by atoms with E-state index in [1.807, 2.05) is 18.2 Å². The fraction of sp³-hybridized carbons (Fsp3) is 0.154. The summed E-state index contributed by atoms with van der Waals surface area (Å²) in [5.41, 5.74) is 7.73. The van der Waals surface area contributed by atoms with Gasteiger partial charge in [0.05, 0.1) is 14.2 Å². The van der Waals surface area contributed by atoms with Crippen LogP contribution in [0.2, 0.25) is 0 Å². The average Bonchev–Trinajstić information content (AvgIpc) is 2.96. The topological polar surface area (TPSA) is 87.6 Å². The van der Waals surface area contributed by atoms with E-state index in [-0.39, 0.29) is 0 Å². The van der Waals surface area contributed by atoms with Crippen LogP contribution in [0.3, 0.4) is 0 Å². The summed E-state index contributed by atoms with van der Waals surface area (Å²) in [6.45, 7) is 0. The molecule has 2 aromatic heterocycles. The van der Waals surface area contributed by atoms with Crippen molar-refractivity contribution >= 4 is 11.6 Å². The number of ether oxygens (including phenoxy) is 2.